The molecule has 0 atom stereocenters. The Morgan fingerprint density at radius 1 is 1.00 bits per heavy atom. The van der Waals surface area contributed by atoms with Gasteiger partial charge in [0.1, 0.15) is 11.5 Å². The maximum absolute atomic E-state index is 12.4. The summed E-state index contributed by atoms with van der Waals surface area (Å²) in [7, 11) is 0. The second-order valence-corrected chi connectivity index (χ2v) is 7.20. The summed E-state index contributed by atoms with van der Waals surface area (Å²) in [5.41, 5.74) is 2.22. The third-order valence-electron chi connectivity index (χ3n) is 4.53. The minimum atomic E-state index is -0.346. The molecule has 0 aromatic heterocycles. The number of carbonyl (C=O) groups excluding carboxylic acids is 2. The highest BCUT2D eigenvalue weighted by atomic mass is 35.5. The van der Waals surface area contributed by atoms with Crippen molar-refractivity contribution < 1.29 is 19.1 Å². The van der Waals surface area contributed by atoms with Crippen molar-refractivity contribution in [1.29, 1.82) is 0 Å². The van der Waals surface area contributed by atoms with Crippen molar-refractivity contribution in [2.24, 2.45) is 0 Å². The van der Waals surface area contributed by atoms with E-state index in [0.717, 1.165) is 11.3 Å². The zero-order valence-corrected chi connectivity index (χ0v) is 16.7. The van der Waals surface area contributed by atoms with Crippen LogP contribution in [-0.2, 0) is 16.0 Å². The molecule has 0 bridgehead atoms. The zero-order chi connectivity index (χ0) is 20.9. The predicted octanol–water partition coefficient (Wildman–Crippen LogP) is 5.03. The van der Waals surface area contributed by atoms with Gasteiger partial charge >= 0.3 is 0 Å². The van der Waals surface area contributed by atoms with Gasteiger partial charge in [0.25, 0.3) is 5.91 Å². The molecule has 2 amide bonds. The van der Waals surface area contributed by atoms with Crippen molar-refractivity contribution in [2.75, 3.05) is 17.2 Å². The molecule has 7 heteroatoms. The van der Waals surface area contributed by atoms with Crippen molar-refractivity contribution in [3.8, 4) is 17.2 Å². The molecule has 0 unspecified atom stereocenters. The molecule has 1 heterocycles. The molecule has 0 aliphatic carbocycles. The molecule has 3 aromatic carbocycles. The Morgan fingerprint density at radius 2 is 1.83 bits per heavy atom. The summed E-state index contributed by atoms with van der Waals surface area (Å²) in [6.45, 7) is -0.178. The normalized spacial score (nSPS) is 12.5. The molecule has 0 saturated carbocycles. The van der Waals surface area contributed by atoms with E-state index in [1.165, 1.54) is 0 Å². The van der Waals surface area contributed by atoms with Gasteiger partial charge < -0.3 is 20.1 Å². The third-order valence-corrected chi connectivity index (χ3v) is 4.76. The highest BCUT2D eigenvalue weighted by molar-refractivity contribution is 6.31. The van der Waals surface area contributed by atoms with Crippen LogP contribution in [0.2, 0.25) is 5.02 Å². The van der Waals surface area contributed by atoms with Crippen LogP contribution >= 0.6 is 11.6 Å². The number of anilines is 2. The Hall–Kier alpha value is -3.51. The molecule has 30 heavy (non-hydrogen) atoms. The molecule has 1 aliphatic rings. The van der Waals surface area contributed by atoms with Crippen LogP contribution in [0.15, 0.2) is 66.7 Å². The van der Waals surface area contributed by atoms with Gasteiger partial charge in [0.15, 0.2) is 12.4 Å². The summed E-state index contributed by atoms with van der Waals surface area (Å²) < 4.78 is 11.5. The fourth-order valence-corrected chi connectivity index (χ4v) is 3.26. The quantitative estimate of drug-likeness (QED) is 0.583. The van der Waals surface area contributed by atoms with E-state index in [2.05, 4.69) is 10.6 Å². The topological polar surface area (TPSA) is 76.7 Å². The van der Waals surface area contributed by atoms with Crippen LogP contribution in [0.25, 0.3) is 0 Å². The third kappa shape index (κ3) is 4.90. The number of fused-ring (bicyclic) bond motifs is 1. The fourth-order valence-electron chi connectivity index (χ4n) is 3.09. The Labute approximate surface area is 178 Å². The average Bonchev–Trinajstić information content (AvgIpc) is 2.75. The minimum Gasteiger partial charge on any atom is -0.484 e. The highest BCUT2D eigenvalue weighted by Crippen LogP contribution is 2.32. The first-order valence-electron chi connectivity index (χ1n) is 9.45. The summed E-state index contributed by atoms with van der Waals surface area (Å²) in [4.78, 5) is 23.9. The van der Waals surface area contributed by atoms with Gasteiger partial charge in [-0.1, -0.05) is 29.8 Å². The number of hydrogen-bond donors (Lipinski definition) is 2. The number of benzene rings is 3. The van der Waals surface area contributed by atoms with Gasteiger partial charge in [-0.15, -0.1) is 0 Å². The molecule has 4 rings (SSSR count). The number of ether oxygens (including phenoxy) is 2. The van der Waals surface area contributed by atoms with Crippen LogP contribution in [0.4, 0.5) is 11.4 Å². The van der Waals surface area contributed by atoms with Gasteiger partial charge in [0.2, 0.25) is 5.91 Å². The van der Waals surface area contributed by atoms with Crippen molar-refractivity contribution in [2.45, 2.75) is 12.8 Å². The molecule has 0 fully saturated rings. The Balaban J connectivity index is 1.40. The lowest BCUT2D eigenvalue weighted by Crippen LogP contribution is -2.21. The van der Waals surface area contributed by atoms with Crippen LogP contribution in [0.1, 0.15) is 12.0 Å². The molecular weight excluding hydrogens is 404 g/mol. The first kappa shape index (κ1) is 19.8. The molecule has 1 aliphatic heterocycles. The van der Waals surface area contributed by atoms with Crippen LogP contribution in [0.5, 0.6) is 17.2 Å². The van der Waals surface area contributed by atoms with Gasteiger partial charge in [0.05, 0.1) is 5.69 Å². The summed E-state index contributed by atoms with van der Waals surface area (Å²) in [6.07, 6.45) is 1.09. The Morgan fingerprint density at radius 3 is 2.67 bits per heavy atom. The first-order chi connectivity index (χ1) is 14.6. The Kier molecular flexibility index (Phi) is 5.86. The molecule has 6 nitrogen and oxygen atoms in total. The van der Waals surface area contributed by atoms with Crippen LogP contribution < -0.4 is 20.1 Å². The first-order valence-corrected chi connectivity index (χ1v) is 9.82. The Bertz CT molecular complexity index is 1090. The number of carbonyl (C=O) groups is 2. The van der Waals surface area contributed by atoms with E-state index < -0.39 is 0 Å². The van der Waals surface area contributed by atoms with E-state index in [1.54, 1.807) is 30.3 Å². The second kappa shape index (κ2) is 8.88. The van der Waals surface area contributed by atoms with E-state index in [0.29, 0.717) is 40.8 Å². The standard InChI is InChI=1S/C23H19ClN2O4/c24-16-7-10-21(30-17-4-2-1-3-5-17)20(13-16)26-23(28)14-29-18-8-9-19-15(12-18)6-11-22(27)25-19/h1-5,7-10,12-13H,6,11,14H2,(H,25,27)(H,26,28). The van der Waals surface area contributed by atoms with E-state index in [1.807, 2.05) is 36.4 Å². The number of para-hydroxylation sites is 1. The molecule has 0 saturated heterocycles. The van der Waals surface area contributed by atoms with Crippen molar-refractivity contribution >= 4 is 34.8 Å². The molecule has 0 spiro atoms. The van der Waals surface area contributed by atoms with Gasteiger partial charge in [-0.2, -0.15) is 0 Å². The lowest BCUT2D eigenvalue weighted by Gasteiger charge is -2.17. The predicted molar refractivity (Wildman–Crippen MR) is 115 cm³/mol. The number of amides is 2. The number of nitrogens with one attached hydrogen (secondary N) is 2. The summed E-state index contributed by atoms with van der Waals surface area (Å²) in [5.74, 6) is 1.34. The van der Waals surface area contributed by atoms with Crippen LogP contribution in [0.3, 0.4) is 0 Å². The largest absolute Gasteiger partial charge is 0.484 e. The summed E-state index contributed by atoms with van der Waals surface area (Å²) in [5, 5.41) is 6.07. The van der Waals surface area contributed by atoms with Crippen LogP contribution in [-0.4, -0.2) is 18.4 Å². The van der Waals surface area contributed by atoms with Crippen molar-refractivity contribution in [3.63, 3.8) is 0 Å². The molecule has 2 N–H and O–H groups in total. The molecular formula is C23H19ClN2O4. The van der Waals surface area contributed by atoms with Gasteiger partial charge in [0, 0.05) is 17.1 Å². The second-order valence-electron chi connectivity index (χ2n) is 6.76. The fraction of sp³-hybridized carbons (Fsp3) is 0.130. The monoisotopic (exact) mass is 422 g/mol. The maximum Gasteiger partial charge on any atom is 0.262 e. The number of halogens is 1. The highest BCUT2D eigenvalue weighted by Gasteiger charge is 2.16. The van der Waals surface area contributed by atoms with Gasteiger partial charge in [-0.05, 0) is 60.5 Å². The maximum atomic E-state index is 12.4. The number of aryl methyl sites for hydroxylation is 1. The molecule has 0 radical (unpaired) electrons. The smallest absolute Gasteiger partial charge is 0.262 e. The lowest BCUT2D eigenvalue weighted by atomic mass is 10.0. The summed E-state index contributed by atoms with van der Waals surface area (Å²) in [6, 6.07) is 19.6. The summed E-state index contributed by atoms with van der Waals surface area (Å²) >= 11 is 6.09. The number of rotatable bonds is 6. The van der Waals surface area contributed by atoms with E-state index in [4.69, 9.17) is 21.1 Å². The molecule has 152 valence electrons. The van der Waals surface area contributed by atoms with E-state index in [9.17, 15) is 9.59 Å². The van der Waals surface area contributed by atoms with Crippen LogP contribution in [0, 0.1) is 0 Å². The van der Waals surface area contributed by atoms with Gasteiger partial charge in [-0.25, -0.2) is 0 Å². The minimum absolute atomic E-state index is 0.00518. The molecule has 3 aromatic rings. The van der Waals surface area contributed by atoms with Gasteiger partial charge in [-0.3, -0.25) is 9.59 Å². The lowest BCUT2D eigenvalue weighted by molar-refractivity contribution is -0.118. The zero-order valence-electron chi connectivity index (χ0n) is 16.0. The van der Waals surface area contributed by atoms with E-state index in [-0.39, 0.29) is 18.4 Å². The van der Waals surface area contributed by atoms with Crippen molar-refractivity contribution in [1.82, 2.24) is 0 Å². The SMILES string of the molecule is O=C1CCc2cc(OCC(=O)Nc3cc(Cl)ccc3Oc3ccccc3)ccc2N1. The average molecular weight is 423 g/mol. The number of hydrogen-bond acceptors (Lipinski definition) is 4. The van der Waals surface area contributed by atoms with Crippen molar-refractivity contribution in [3.05, 3.63) is 77.3 Å². The van der Waals surface area contributed by atoms with E-state index >= 15 is 0 Å².